The van der Waals surface area contributed by atoms with Crippen molar-refractivity contribution in [2.45, 2.75) is 65.0 Å². The largest absolute Gasteiger partial charge is 0.493 e. The number of hydrogen-bond acceptors (Lipinski definition) is 3. The molecule has 0 heterocycles. The number of carboxylic acids is 1. The van der Waals surface area contributed by atoms with Crippen LogP contribution in [0.15, 0.2) is 48.5 Å². The second kappa shape index (κ2) is 12.1. The predicted octanol–water partition coefficient (Wildman–Crippen LogP) is 5.52. The van der Waals surface area contributed by atoms with Gasteiger partial charge in [-0.15, -0.1) is 0 Å². The van der Waals surface area contributed by atoms with Gasteiger partial charge in [-0.25, -0.2) is 0 Å². The fourth-order valence-electron chi connectivity index (χ4n) is 3.46. The third kappa shape index (κ3) is 7.98. The van der Waals surface area contributed by atoms with Gasteiger partial charge in [0.25, 0.3) is 5.91 Å². The van der Waals surface area contributed by atoms with E-state index < -0.39 is 5.97 Å². The molecule has 174 valence electrons. The molecule has 0 saturated heterocycles. The maximum atomic E-state index is 13.3. The lowest BCUT2D eigenvalue weighted by atomic mass is 10.1. The highest BCUT2D eigenvalue weighted by Crippen LogP contribution is 2.27. The summed E-state index contributed by atoms with van der Waals surface area (Å²) in [6.07, 6.45) is 4.85. The zero-order valence-corrected chi connectivity index (χ0v) is 19.5. The van der Waals surface area contributed by atoms with Crippen molar-refractivity contribution in [3.8, 4) is 17.6 Å². The van der Waals surface area contributed by atoms with Crippen molar-refractivity contribution >= 4 is 11.9 Å². The summed E-state index contributed by atoms with van der Waals surface area (Å²) in [5.41, 5.74) is 2.55. The first-order valence-corrected chi connectivity index (χ1v) is 11.8. The summed E-state index contributed by atoms with van der Waals surface area (Å²) in [7, 11) is 0. The van der Waals surface area contributed by atoms with Gasteiger partial charge in [0.2, 0.25) is 0 Å². The number of para-hydroxylation sites is 1. The van der Waals surface area contributed by atoms with Crippen LogP contribution in [0.2, 0.25) is 0 Å². The lowest BCUT2D eigenvalue weighted by Gasteiger charge is -2.28. The maximum absolute atomic E-state index is 13.3. The molecule has 1 amide bonds. The zero-order chi connectivity index (χ0) is 23.6. The van der Waals surface area contributed by atoms with Crippen molar-refractivity contribution < 1.29 is 19.4 Å². The molecule has 2 aromatic carbocycles. The van der Waals surface area contributed by atoms with Crippen LogP contribution in [0.3, 0.4) is 0 Å². The molecule has 0 aliphatic heterocycles. The first-order chi connectivity index (χ1) is 15.9. The number of rotatable bonds is 11. The molecule has 1 saturated carbocycles. The van der Waals surface area contributed by atoms with E-state index >= 15 is 0 Å². The monoisotopic (exact) mass is 447 g/mol. The minimum absolute atomic E-state index is 0.0184. The van der Waals surface area contributed by atoms with Gasteiger partial charge < -0.3 is 14.7 Å². The summed E-state index contributed by atoms with van der Waals surface area (Å²) in [5, 5.41) is 8.73. The number of aliphatic carboxylic acids is 1. The van der Waals surface area contributed by atoms with E-state index in [0.717, 1.165) is 29.7 Å². The molecule has 2 aromatic rings. The highest BCUT2D eigenvalue weighted by molar-refractivity contribution is 5.94. The van der Waals surface area contributed by atoms with Crippen molar-refractivity contribution in [1.82, 2.24) is 4.90 Å². The fourth-order valence-corrected chi connectivity index (χ4v) is 3.46. The topological polar surface area (TPSA) is 66.8 Å². The average Bonchev–Trinajstić information content (AvgIpc) is 3.63. The number of carbonyl (C=O) groups excluding carboxylic acids is 1. The van der Waals surface area contributed by atoms with E-state index in [1.165, 1.54) is 12.8 Å². The third-order valence-corrected chi connectivity index (χ3v) is 5.62. The highest BCUT2D eigenvalue weighted by atomic mass is 16.5. The molecule has 5 heteroatoms. The molecule has 0 unspecified atom stereocenters. The van der Waals surface area contributed by atoms with Gasteiger partial charge in [0.15, 0.2) is 0 Å². The predicted molar refractivity (Wildman–Crippen MR) is 129 cm³/mol. The maximum Gasteiger partial charge on any atom is 0.303 e. The van der Waals surface area contributed by atoms with E-state index in [1.807, 2.05) is 67.3 Å². The van der Waals surface area contributed by atoms with Crippen LogP contribution in [0.25, 0.3) is 0 Å². The molecule has 0 aromatic heterocycles. The van der Waals surface area contributed by atoms with Crippen LogP contribution in [0.4, 0.5) is 0 Å². The molecule has 0 atom stereocenters. The Morgan fingerprint density at radius 1 is 1.06 bits per heavy atom. The van der Waals surface area contributed by atoms with E-state index in [1.54, 1.807) is 0 Å². The lowest BCUT2D eigenvalue weighted by molar-refractivity contribution is -0.137. The summed E-state index contributed by atoms with van der Waals surface area (Å²) in [5.74, 6) is 6.97. The molecular weight excluding hydrogens is 414 g/mol. The summed E-state index contributed by atoms with van der Waals surface area (Å²) >= 11 is 0. The van der Waals surface area contributed by atoms with Crippen LogP contribution >= 0.6 is 0 Å². The summed E-state index contributed by atoms with van der Waals surface area (Å²) in [6.45, 7) is 5.00. The molecule has 0 bridgehead atoms. The van der Waals surface area contributed by atoms with Crippen LogP contribution in [0, 0.1) is 17.8 Å². The fraction of sp³-hybridized carbons (Fsp3) is 0.429. The quantitative estimate of drug-likeness (QED) is 0.364. The Hall–Kier alpha value is -3.26. The molecular formula is C28H33NO4. The number of nitrogens with zero attached hydrogens (tertiary/aromatic N) is 1. The zero-order valence-electron chi connectivity index (χ0n) is 19.5. The molecule has 0 radical (unpaired) electrons. The number of ether oxygens (including phenoxy) is 1. The first kappa shape index (κ1) is 24.4. The number of benzene rings is 2. The Morgan fingerprint density at radius 2 is 1.79 bits per heavy atom. The van der Waals surface area contributed by atoms with Crippen molar-refractivity contribution in [2.75, 3.05) is 6.61 Å². The van der Waals surface area contributed by atoms with Gasteiger partial charge in [-0.3, -0.25) is 9.59 Å². The average molecular weight is 448 g/mol. The molecule has 1 aliphatic rings. The Morgan fingerprint density at radius 3 is 2.45 bits per heavy atom. The smallest absolute Gasteiger partial charge is 0.303 e. The van der Waals surface area contributed by atoms with E-state index in [-0.39, 0.29) is 18.4 Å². The highest BCUT2D eigenvalue weighted by Gasteiger charge is 2.21. The Kier molecular flexibility index (Phi) is 8.95. The minimum atomic E-state index is -0.763. The van der Waals surface area contributed by atoms with Gasteiger partial charge >= 0.3 is 5.97 Å². The first-order valence-electron chi connectivity index (χ1n) is 11.8. The third-order valence-electron chi connectivity index (χ3n) is 5.62. The van der Waals surface area contributed by atoms with Gasteiger partial charge in [-0.1, -0.05) is 30.0 Å². The molecule has 0 spiro atoms. The Bertz CT molecular complexity index is 997. The van der Waals surface area contributed by atoms with Gasteiger partial charge in [0.1, 0.15) is 5.75 Å². The van der Waals surface area contributed by atoms with Gasteiger partial charge in [0.05, 0.1) is 6.61 Å². The SMILES string of the molecule is CC(C)N(Cc1ccccc1OCCCCCC(=O)O)C(=O)c1ccc(C#CC2CC2)cc1. The molecule has 1 aliphatic carbocycles. The van der Waals surface area contributed by atoms with Crippen molar-refractivity contribution in [3.63, 3.8) is 0 Å². The molecule has 33 heavy (non-hydrogen) atoms. The number of carbonyl (C=O) groups is 2. The molecule has 1 N–H and O–H groups in total. The van der Waals surface area contributed by atoms with Gasteiger partial charge in [-0.05, 0) is 76.3 Å². The summed E-state index contributed by atoms with van der Waals surface area (Å²) in [6, 6.07) is 15.4. The van der Waals surface area contributed by atoms with Crippen LogP contribution < -0.4 is 4.74 Å². The number of hydrogen-bond donors (Lipinski definition) is 1. The molecule has 5 nitrogen and oxygen atoms in total. The standard InChI is InChI=1S/C28H33NO4/c1-21(2)29(28(32)24-17-15-23(16-18-24)14-13-22-11-12-22)20-25-8-5-6-9-26(25)33-19-7-3-4-10-27(30)31/h5-6,8-9,15-18,21-22H,3-4,7,10-12,19-20H2,1-2H3,(H,30,31). The summed E-state index contributed by atoms with van der Waals surface area (Å²) in [4.78, 5) is 25.7. The second-order valence-corrected chi connectivity index (χ2v) is 8.81. The van der Waals surface area contributed by atoms with E-state index in [0.29, 0.717) is 31.1 Å². The van der Waals surface area contributed by atoms with E-state index in [9.17, 15) is 9.59 Å². The lowest BCUT2D eigenvalue weighted by Crippen LogP contribution is -2.36. The van der Waals surface area contributed by atoms with Crippen LogP contribution in [0.1, 0.15) is 73.9 Å². The van der Waals surface area contributed by atoms with Crippen molar-refractivity contribution in [1.29, 1.82) is 0 Å². The van der Waals surface area contributed by atoms with Gasteiger partial charge in [-0.2, -0.15) is 0 Å². The minimum Gasteiger partial charge on any atom is -0.493 e. The number of unbranched alkanes of at least 4 members (excludes halogenated alkanes) is 2. The van der Waals surface area contributed by atoms with Gasteiger partial charge in [0, 0.05) is 41.6 Å². The Balaban J connectivity index is 1.61. The van der Waals surface area contributed by atoms with Crippen molar-refractivity contribution in [2.24, 2.45) is 5.92 Å². The van der Waals surface area contributed by atoms with Crippen molar-refractivity contribution in [3.05, 3.63) is 65.2 Å². The van der Waals surface area contributed by atoms with Crippen LogP contribution in [-0.4, -0.2) is 34.5 Å². The number of amides is 1. The number of carboxylic acid groups (broad SMARTS) is 1. The second-order valence-electron chi connectivity index (χ2n) is 8.81. The van der Waals surface area contributed by atoms with Crippen LogP contribution in [0.5, 0.6) is 5.75 Å². The summed E-state index contributed by atoms with van der Waals surface area (Å²) < 4.78 is 5.98. The normalized spacial score (nSPS) is 12.7. The van der Waals surface area contributed by atoms with Crippen LogP contribution in [-0.2, 0) is 11.3 Å². The van der Waals surface area contributed by atoms with E-state index in [4.69, 9.17) is 9.84 Å². The Labute approximate surface area is 196 Å². The molecule has 3 rings (SSSR count). The van der Waals surface area contributed by atoms with E-state index in [2.05, 4.69) is 11.8 Å². The molecule has 1 fully saturated rings.